The third kappa shape index (κ3) is 18.3. The van der Waals surface area contributed by atoms with E-state index in [1.807, 2.05) is 76.5 Å². The number of likely N-dealkylation sites (N-methyl/N-ethyl adjacent to an activating group) is 1. The Hall–Kier alpha value is -6.09. The number of anilines is 3. The molecule has 5 N–H and O–H groups in total. The zero-order valence-electron chi connectivity index (χ0n) is 44.5. The van der Waals surface area contributed by atoms with Gasteiger partial charge in [0.05, 0.1) is 45.0 Å². The van der Waals surface area contributed by atoms with E-state index in [0.717, 1.165) is 53.8 Å². The molecule has 17 nitrogen and oxygen atoms in total. The first-order valence-electron chi connectivity index (χ1n) is 25.9. The summed E-state index contributed by atoms with van der Waals surface area (Å²) >= 11 is 7.58. The second kappa shape index (κ2) is 29.4. The highest BCUT2D eigenvalue weighted by atomic mass is 35.5. The Bertz CT molecular complexity index is 2740. The number of aliphatic hydroxyl groups is 1. The minimum Gasteiger partial charge on any atom is -0.491 e. The number of hydrogen-bond acceptors (Lipinski definition) is 14. The summed E-state index contributed by atoms with van der Waals surface area (Å²) in [6.45, 7) is 11.2. The van der Waals surface area contributed by atoms with E-state index in [0.29, 0.717) is 86.3 Å². The molecule has 0 saturated carbocycles. The van der Waals surface area contributed by atoms with Gasteiger partial charge in [-0.05, 0) is 100 Å². The normalized spacial score (nSPS) is 15.1. The summed E-state index contributed by atoms with van der Waals surface area (Å²) in [6.07, 6.45) is 9.58. The number of hydrogen-bond donors (Lipinski definition) is 5. The molecule has 76 heavy (non-hydrogen) atoms. The van der Waals surface area contributed by atoms with Crippen molar-refractivity contribution >= 4 is 74.7 Å². The van der Waals surface area contributed by atoms with Gasteiger partial charge < -0.3 is 50.4 Å². The Morgan fingerprint density at radius 2 is 1.62 bits per heavy atom. The van der Waals surface area contributed by atoms with Gasteiger partial charge in [0.15, 0.2) is 0 Å². The van der Waals surface area contributed by atoms with Crippen LogP contribution in [-0.4, -0.2) is 132 Å². The topological polar surface area (TPSA) is 209 Å². The number of fused-ring (bicyclic) bond motifs is 1. The van der Waals surface area contributed by atoms with Gasteiger partial charge >= 0.3 is 0 Å². The summed E-state index contributed by atoms with van der Waals surface area (Å²) in [5.41, 5.74) is 5.66. The standard InChI is InChI=1S/C56H73ClFN9O8S/c1-37-51(76-36-62-37)39-19-17-38(18-20-39)33-59-54(71)47-30-41(68)34-67(47)55(72)52(56(2,3)4)65-50(70)15-8-7-9-24-73-25-10-11-26-74-27-12-13-28-75-48-32-45-42(31-46(48)64-49(69)16-14-23-66(5)6)53(61-35-60-45)63-40-21-22-44(58)43(57)29-40/h14,16-22,29,31-32,35-36,41,47,52,68H,7-13,15,23-28,30,33-34H2,1-6H3,(H,59,71)(H,64,69)(H,65,70)(H,60,61,63)/b16-14+/t41-,47+,52-/m0/s1. The first-order valence-corrected chi connectivity index (χ1v) is 27.2. The molecular weight excluding hydrogens is 1010 g/mol. The van der Waals surface area contributed by atoms with Gasteiger partial charge in [-0.25, -0.2) is 19.3 Å². The van der Waals surface area contributed by atoms with E-state index in [-0.39, 0.29) is 54.6 Å². The van der Waals surface area contributed by atoms with E-state index in [9.17, 15) is 28.7 Å². The number of unbranched alkanes of at least 4 members (excludes halogenated alkanes) is 4. The van der Waals surface area contributed by atoms with Crippen LogP contribution >= 0.6 is 22.9 Å². The van der Waals surface area contributed by atoms with E-state index < -0.39 is 29.4 Å². The van der Waals surface area contributed by atoms with Crippen molar-refractivity contribution in [2.75, 3.05) is 70.9 Å². The molecule has 20 heteroatoms. The summed E-state index contributed by atoms with van der Waals surface area (Å²) in [5, 5.41) is 23.1. The molecule has 6 rings (SSSR count). The van der Waals surface area contributed by atoms with Gasteiger partial charge in [0, 0.05) is 82.1 Å². The SMILES string of the molecule is Cc1ncsc1-c1ccc(CNC(=O)[C@H]2C[C@H](O)CN2C(=O)[C@H](NC(=O)CCCCCOCCCCOCCCCOc2cc3ncnc(Nc4ccc(F)c(Cl)c4)c3cc2NC(=O)/C=C/CN(C)C)C(C)(C)C)cc1. The van der Waals surface area contributed by atoms with Gasteiger partial charge in [-0.15, -0.1) is 11.3 Å². The molecule has 1 fully saturated rings. The maximum absolute atomic E-state index is 14.0. The number of carbonyl (C=O) groups is 4. The fourth-order valence-electron chi connectivity index (χ4n) is 8.44. The number of aliphatic hydroxyl groups excluding tert-OH is 1. The Morgan fingerprint density at radius 1 is 0.921 bits per heavy atom. The Kier molecular flexibility index (Phi) is 22.9. The number of ether oxygens (including phenoxy) is 3. The number of rotatable bonds is 29. The molecule has 4 amide bonds. The number of nitrogens with one attached hydrogen (secondary N) is 4. The molecule has 0 unspecified atom stereocenters. The van der Waals surface area contributed by atoms with Gasteiger partial charge in [-0.2, -0.15) is 0 Å². The zero-order valence-corrected chi connectivity index (χ0v) is 46.0. The van der Waals surface area contributed by atoms with Crippen LogP contribution in [-0.2, 0) is 35.2 Å². The first kappa shape index (κ1) is 59.2. The summed E-state index contributed by atoms with van der Waals surface area (Å²) in [4.78, 5) is 71.1. The predicted molar refractivity (Wildman–Crippen MR) is 296 cm³/mol. The lowest BCUT2D eigenvalue weighted by molar-refractivity contribution is -0.144. The number of aromatic nitrogens is 3. The molecule has 0 spiro atoms. The summed E-state index contributed by atoms with van der Waals surface area (Å²) in [5.74, 6) is -0.925. The maximum atomic E-state index is 14.0. The lowest BCUT2D eigenvalue weighted by Crippen LogP contribution is -2.57. The van der Waals surface area contributed by atoms with Gasteiger partial charge in [0.2, 0.25) is 23.6 Å². The van der Waals surface area contributed by atoms with Crippen LogP contribution in [0.1, 0.15) is 89.8 Å². The van der Waals surface area contributed by atoms with Crippen LogP contribution in [0.4, 0.5) is 21.6 Å². The number of thiazole rings is 1. The number of halogens is 2. The number of carbonyl (C=O) groups excluding carboxylic acids is 4. The van der Waals surface area contributed by atoms with Crippen molar-refractivity contribution in [1.82, 2.24) is 35.4 Å². The quantitative estimate of drug-likeness (QED) is 0.0224. The van der Waals surface area contributed by atoms with E-state index >= 15 is 0 Å². The fourth-order valence-corrected chi connectivity index (χ4v) is 9.43. The third-order valence-corrected chi connectivity index (χ3v) is 13.9. The lowest BCUT2D eigenvalue weighted by Gasteiger charge is -2.35. The van der Waals surface area contributed by atoms with Gasteiger partial charge in [0.25, 0.3) is 0 Å². The van der Waals surface area contributed by atoms with Crippen molar-refractivity contribution in [1.29, 1.82) is 0 Å². The third-order valence-electron chi connectivity index (χ3n) is 12.6. The molecule has 3 aromatic carbocycles. The minimum absolute atomic E-state index is 0.0146. The van der Waals surface area contributed by atoms with Crippen molar-refractivity contribution in [2.24, 2.45) is 5.41 Å². The van der Waals surface area contributed by atoms with E-state index in [1.165, 1.54) is 29.4 Å². The highest BCUT2D eigenvalue weighted by molar-refractivity contribution is 7.13. The molecule has 0 aliphatic carbocycles. The van der Waals surface area contributed by atoms with Crippen LogP contribution in [0.3, 0.4) is 0 Å². The monoisotopic (exact) mass is 1090 g/mol. The van der Waals surface area contributed by atoms with E-state index in [2.05, 4.69) is 36.2 Å². The fraction of sp³-hybridized carbons (Fsp3) is 0.482. The molecule has 1 saturated heterocycles. The number of aryl methyl sites for hydroxylation is 1. The highest BCUT2D eigenvalue weighted by Crippen LogP contribution is 2.35. The summed E-state index contributed by atoms with van der Waals surface area (Å²) in [7, 11) is 3.83. The smallest absolute Gasteiger partial charge is 0.248 e. The second-order valence-corrected chi connectivity index (χ2v) is 21.5. The van der Waals surface area contributed by atoms with Crippen LogP contribution in [0.15, 0.2) is 78.6 Å². The van der Waals surface area contributed by atoms with Crippen molar-refractivity contribution < 1.29 is 42.9 Å². The van der Waals surface area contributed by atoms with Crippen LogP contribution in [0.2, 0.25) is 5.02 Å². The maximum Gasteiger partial charge on any atom is 0.248 e. The van der Waals surface area contributed by atoms with Crippen LogP contribution in [0.5, 0.6) is 5.75 Å². The second-order valence-electron chi connectivity index (χ2n) is 20.2. The molecule has 1 aliphatic rings. The van der Waals surface area contributed by atoms with Crippen LogP contribution < -0.4 is 26.0 Å². The minimum atomic E-state index is -0.879. The van der Waals surface area contributed by atoms with Crippen LogP contribution in [0.25, 0.3) is 21.3 Å². The summed E-state index contributed by atoms with van der Waals surface area (Å²) < 4.78 is 31.7. The van der Waals surface area contributed by atoms with Gasteiger partial charge in [-0.1, -0.05) is 69.1 Å². The Labute approximate surface area is 454 Å². The van der Waals surface area contributed by atoms with E-state index in [4.69, 9.17) is 25.8 Å². The average Bonchev–Trinajstić information content (AvgIpc) is 4.00. The predicted octanol–water partition coefficient (Wildman–Crippen LogP) is 9.00. The largest absolute Gasteiger partial charge is 0.491 e. The average molecular weight is 1090 g/mol. The molecule has 3 heterocycles. The number of amides is 4. The Balaban J connectivity index is 0.834. The highest BCUT2D eigenvalue weighted by Gasteiger charge is 2.44. The van der Waals surface area contributed by atoms with Crippen molar-refractivity contribution in [3.8, 4) is 16.2 Å². The molecule has 0 radical (unpaired) electrons. The molecule has 2 aromatic heterocycles. The summed E-state index contributed by atoms with van der Waals surface area (Å²) in [6, 6.07) is 14.0. The number of β-amino-alcohol motifs (C(OH)–C–C–N with tert-alkyl or cyclic N) is 1. The van der Waals surface area contributed by atoms with Crippen molar-refractivity contribution in [3.05, 3.63) is 101 Å². The molecule has 5 aromatic rings. The van der Waals surface area contributed by atoms with Crippen molar-refractivity contribution in [3.63, 3.8) is 0 Å². The zero-order chi connectivity index (χ0) is 54.6. The lowest BCUT2D eigenvalue weighted by atomic mass is 9.85. The van der Waals surface area contributed by atoms with Gasteiger partial charge in [-0.3, -0.25) is 19.2 Å². The number of nitrogens with zero attached hydrogens (tertiary/aromatic N) is 5. The van der Waals surface area contributed by atoms with E-state index in [1.54, 1.807) is 35.6 Å². The molecule has 1 aliphatic heterocycles. The van der Waals surface area contributed by atoms with Crippen molar-refractivity contribution in [2.45, 2.75) is 110 Å². The molecular formula is C56H73ClFN9O8S. The molecule has 3 atom stereocenters. The Morgan fingerprint density at radius 3 is 2.28 bits per heavy atom. The first-order chi connectivity index (χ1) is 36.5. The molecule has 410 valence electrons. The number of benzene rings is 3. The number of likely N-dealkylation sites (tertiary alicyclic amines) is 1. The van der Waals surface area contributed by atoms with Crippen LogP contribution in [0, 0.1) is 18.2 Å². The molecule has 0 bridgehead atoms. The van der Waals surface area contributed by atoms with Gasteiger partial charge in [0.1, 0.15) is 35.8 Å².